The molecule has 94 valence electrons. The third-order valence-electron chi connectivity index (χ3n) is 2.26. The summed E-state index contributed by atoms with van der Waals surface area (Å²) in [6.45, 7) is 3.74. The van der Waals surface area contributed by atoms with Crippen LogP contribution in [0.15, 0.2) is 6.07 Å². The minimum Gasteiger partial charge on any atom is -0.481 e. The van der Waals surface area contributed by atoms with Crippen molar-refractivity contribution >= 4 is 11.9 Å². The number of nitrogens with zero attached hydrogens (tertiary/aromatic N) is 2. The van der Waals surface area contributed by atoms with Crippen LogP contribution in [0.25, 0.3) is 0 Å². The Kier molecular flexibility index (Phi) is 4.84. The van der Waals surface area contributed by atoms with E-state index in [9.17, 15) is 4.79 Å². The molecule has 1 amide bonds. The highest BCUT2D eigenvalue weighted by Crippen LogP contribution is 2.11. The zero-order valence-electron chi connectivity index (χ0n) is 10.4. The zero-order chi connectivity index (χ0) is 12.8. The molecule has 0 fully saturated rings. The van der Waals surface area contributed by atoms with Gasteiger partial charge in [0.15, 0.2) is 0 Å². The summed E-state index contributed by atoms with van der Waals surface area (Å²) in [6, 6.07) is 1.55. The maximum Gasteiger partial charge on any atom is 0.232 e. The van der Waals surface area contributed by atoms with Gasteiger partial charge in [0.05, 0.1) is 7.11 Å². The minimum absolute atomic E-state index is 0.137. The number of amides is 1. The molecule has 0 aliphatic heterocycles. The van der Waals surface area contributed by atoms with Crippen molar-refractivity contribution in [3.63, 3.8) is 0 Å². The first-order valence-electron chi connectivity index (χ1n) is 5.50. The Morgan fingerprint density at radius 3 is 2.88 bits per heavy atom. The molecule has 0 aliphatic rings. The lowest BCUT2D eigenvalue weighted by molar-refractivity contribution is -0.116. The van der Waals surface area contributed by atoms with Gasteiger partial charge in [0.2, 0.25) is 17.7 Å². The van der Waals surface area contributed by atoms with Crippen LogP contribution in [0.5, 0.6) is 5.88 Å². The maximum atomic E-state index is 11.6. The Bertz CT molecular complexity index is 395. The predicted octanol–water partition coefficient (Wildman–Crippen LogP) is 0.860. The highest BCUT2D eigenvalue weighted by Gasteiger charge is 2.10. The summed E-state index contributed by atoms with van der Waals surface area (Å²) in [7, 11) is 1.51. The Labute approximate surface area is 101 Å². The van der Waals surface area contributed by atoms with Crippen molar-refractivity contribution in [3.8, 4) is 5.88 Å². The molecule has 6 heteroatoms. The largest absolute Gasteiger partial charge is 0.481 e. The van der Waals surface area contributed by atoms with Gasteiger partial charge in [-0.05, 0) is 13.3 Å². The van der Waals surface area contributed by atoms with E-state index in [1.54, 1.807) is 13.0 Å². The highest BCUT2D eigenvalue weighted by atomic mass is 16.5. The Morgan fingerprint density at radius 1 is 1.59 bits per heavy atom. The number of rotatable bonds is 5. The summed E-state index contributed by atoms with van der Waals surface area (Å²) >= 11 is 0. The third kappa shape index (κ3) is 4.36. The van der Waals surface area contributed by atoms with Gasteiger partial charge < -0.3 is 10.5 Å². The molecule has 1 aromatic rings. The number of carbonyl (C=O) groups is 1. The molecule has 1 unspecified atom stereocenters. The van der Waals surface area contributed by atoms with Gasteiger partial charge >= 0.3 is 0 Å². The molecular formula is C11H18N4O2. The monoisotopic (exact) mass is 238 g/mol. The molecule has 1 heterocycles. The molecule has 0 spiro atoms. The average molecular weight is 238 g/mol. The van der Waals surface area contributed by atoms with Gasteiger partial charge in [-0.25, -0.2) is 4.98 Å². The second-order valence-electron chi connectivity index (χ2n) is 3.80. The number of ether oxygens (including phenoxy) is 1. The first kappa shape index (κ1) is 13.4. The molecule has 3 N–H and O–H groups in total. The van der Waals surface area contributed by atoms with E-state index in [1.807, 2.05) is 6.92 Å². The summed E-state index contributed by atoms with van der Waals surface area (Å²) < 4.78 is 4.99. The van der Waals surface area contributed by atoms with Crippen molar-refractivity contribution in [2.75, 3.05) is 12.4 Å². The SMILES string of the molecule is CCC(N)CC(=O)Nc1nc(C)cc(OC)n1. The fraction of sp³-hybridized carbons (Fsp3) is 0.545. The first-order valence-corrected chi connectivity index (χ1v) is 5.50. The number of nitrogens with two attached hydrogens (primary N) is 1. The molecule has 0 aromatic carbocycles. The molecule has 0 saturated heterocycles. The summed E-state index contributed by atoms with van der Waals surface area (Å²) in [5.41, 5.74) is 6.42. The Morgan fingerprint density at radius 2 is 2.29 bits per heavy atom. The first-order chi connectivity index (χ1) is 8.05. The van der Waals surface area contributed by atoms with Crippen molar-refractivity contribution < 1.29 is 9.53 Å². The number of methoxy groups -OCH3 is 1. The number of anilines is 1. The van der Waals surface area contributed by atoms with Gasteiger partial charge in [0.25, 0.3) is 0 Å². The van der Waals surface area contributed by atoms with E-state index in [0.29, 0.717) is 5.88 Å². The van der Waals surface area contributed by atoms with Crippen LogP contribution in [-0.4, -0.2) is 29.0 Å². The predicted molar refractivity (Wildman–Crippen MR) is 64.8 cm³/mol. The van der Waals surface area contributed by atoms with Crippen molar-refractivity contribution in [3.05, 3.63) is 11.8 Å². The lowest BCUT2D eigenvalue weighted by Crippen LogP contribution is -2.26. The molecule has 1 atom stereocenters. The zero-order valence-corrected chi connectivity index (χ0v) is 10.4. The van der Waals surface area contributed by atoms with E-state index in [0.717, 1.165) is 12.1 Å². The van der Waals surface area contributed by atoms with E-state index >= 15 is 0 Å². The maximum absolute atomic E-state index is 11.6. The van der Waals surface area contributed by atoms with Crippen LogP contribution in [0.1, 0.15) is 25.5 Å². The Balaban J connectivity index is 2.67. The van der Waals surface area contributed by atoms with Gasteiger partial charge in [0, 0.05) is 24.2 Å². The molecule has 0 saturated carbocycles. The van der Waals surface area contributed by atoms with Gasteiger partial charge in [-0.1, -0.05) is 6.92 Å². The van der Waals surface area contributed by atoms with Crippen LogP contribution < -0.4 is 15.8 Å². The summed E-state index contributed by atoms with van der Waals surface area (Å²) in [5, 5.41) is 2.60. The number of aromatic nitrogens is 2. The van der Waals surface area contributed by atoms with Gasteiger partial charge in [-0.15, -0.1) is 0 Å². The van der Waals surface area contributed by atoms with Crippen LogP contribution >= 0.6 is 0 Å². The molecular weight excluding hydrogens is 220 g/mol. The van der Waals surface area contributed by atoms with Crippen LogP contribution in [-0.2, 0) is 4.79 Å². The van der Waals surface area contributed by atoms with E-state index < -0.39 is 0 Å². The van der Waals surface area contributed by atoms with Crippen molar-refractivity contribution in [2.45, 2.75) is 32.7 Å². The van der Waals surface area contributed by atoms with Crippen LogP contribution in [0.3, 0.4) is 0 Å². The second kappa shape index (κ2) is 6.15. The minimum atomic E-state index is -0.188. The summed E-state index contributed by atoms with van der Waals surface area (Å²) in [4.78, 5) is 19.7. The van der Waals surface area contributed by atoms with E-state index in [2.05, 4.69) is 15.3 Å². The quantitative estimate of drug-likeness (QED) is 0.794. The lowest BCUT2D eigenvalue weighted by Gasteiger charge is -2.09. The third-order valence-corrected chi connectivity index (χ3v) is 2.26. The average Bonchev–Trinajstić information content (AvgIpc) is 2.27. The number of hydrogen-bond donors (Lipinski definition) is 2. The smallest absolute Gasteiger partial charge is 0.232 e. The van der Waals surface area contributed by atoms with Crippen LogP contribution in [0.2, 0.25) is 0 Å². The molecule has 0 aliphatic carbocycles. The number of hydrogen-bond acceptors (Lipinski definition) is 5. The fourth-order valence-electron chi connectivity index (χ4n) is 1.26. The van der Waals surface area contributed by atoms with Crippen molar-refractivity contribution in [1.29, 1.82) is 0 Å². The Hall–Kier alpha value is -1.69. The molecule has 1 rings (SSSR count). The molecule has 1 aromatic heterocycles. The van der Waals surface area contributed by atoms with Gasteiger partial charge in [-0.3, -0.25) is 10.1 Å². The van der Waals surface area contributed by atoms with Gasteiger partial charge in [0.1, 0.15) is 0 Å². The number of aryl methyl sites for hydroxylation is 1. The van der Waals surface area contributed by atoms with Crippen LogP contribution in [0.4, 0.5) is 5.95 Å². The molecule has 0 bridgehead atoms. The normalized spacial score (nSPS) is 12.0. The van der Waals surface area contributed by atoms with Crippen LogP contribution in [0, 0.1) is 6.92 Å². The van der Waals surface area contributed by atoms with Crippen molar-refractivity contribution in [2.24, 2.45) is 5.73 Å². The molecule has 17 heavy (non-hydrogen) atoms. The summed E-state index contributed by atoms with van der Waals surface area (Å²) in [5.74, 6) is 0.481. The van der Waals surface area contributed by atoms with E-state index in [1.165, 1.54) is 7.11 Å². The van der Waals surface area contributed by atoms with Crippen molar-refractivity contribution in [1.82, 2.24) is 9.97 Å². The highest BCUT2D eigenvalue weighted by molar-refractivity contribution is 5.89. The standard InChI is InChI=1S/C11H18N4O2/c1-4-8(12)6-9(16)14-11-13-7(2)5-10(15-11)17-3/h5,8H,4,6,12H2,1-3H3,(H,13,14,15,16). The topological polar surface area (TPSA) is 90.1 Å². The van der Waals surface area contributed by atoms with E-state index in [-0.39, 0.29) is 24.3 Å². The summed E-state index contributed by atoms with van der Waals surface area (Å²) in [6.07, 6.45) is 1.02. The molecule has 6 nitrogen and oxygen atoms in total. The van der Waals surface area contributed by atoms with E-state index in [4.69, 9.17) is 10.5 Å². The second-order valence-corrected chi connectivity index (χ2v) is 3.80. The van der Waals surface area contributed by atoms with Gasteiger partial charge in [-0.2, -0.15) is 4.98 Å². The fourth-order valence-corrected chi connectivity index (χ4v) is 1.26. The lowest BCUT2D eigenvalue weighted by atomic mass is 10.1. The number of carbonyl (C=O) groups excluding carboxylic acids is 1. The number of nitrogens with one attached hydrogen (secondary N) is 1. The molecule has 0 radical (unpaired) electrons.